The number of hydrogen-bond donors (Lipinski definition) is 4. The summed E-state index contributed by atoms with van der Waals surface area (Å²) in [5.74, 6) is -1.14. The van der Waals surface area contributed by atoms with Crippen molar-refractivity contribution in [2.24, 2.45) is 0 Å². The van der Waals surface area contributed by atoms with Crippen LogP contribution in [0.4, 0.5) is 0 Å². The van der Waals surface area contributed by atoms with E-state index in [1.165, 1.54) is 75.5 Å². The summed E-state index contributed by atoms with van der Waals surface area (Å²) in [6, 6.07) is 0. The number of nitrogens with one attached hydrogen (secondary N) is 1. The van der Waals surface area contributed by atoms with Gasteiger partial charge in [-0.05, 0) is 6.42 Å². The van der Waals surface area contributed by atoms with Gasteiger partial charge < -0.3 is 20.6 Å². The minimum absolute atomic E-state index is 0.0539. The number of carboxylic acid groups (broad SMARTS) is 1. The number of carbonyl (C=O) groups is 2. The van der Waals surface area contributed by atoms with Crippen molar-refractivity contribution in [3.8, 4) is 0 Å². The molecular weight excluding hydrogens is 372 g/mol. The van der Waals surface area contributed by atoms with E-state index in [1.807, 2.05) is 0 Å². The monoisotopic (exact) mass is 416 g/mol. The van der Waals surface area contributed by atoms with Gasteiger partial charge in [0, 0.05) is 19.5 Å². The van der Waals surface area contributed by atoms with E-state index in [1.54, 1.807) is 0 Å². The number of hydrogen-bond acceptors (Lipinski definition) is 5. The van der Waals surface area contributed by atoms with Gasteiger partial charge in [-0.2, -0.15) is 0 Å². The lowest BCUT2D eigenvalue weighted by Crippen LogP contribution is -2.45. The lowest BCUT2D eigenvalue weighted by atomic mass is 10.0. The first kappa shape index (κ1) is 27.8. The highest BCUT2D eigenvalue weighted by Crippen LogP contribution is 2.12. The van der Waals surface area contributed by atoms with Crippen molar-refractivity contribution in [1.82, 2.24) is 10.2 Å². The fourth-order valence-corrected chi connectivity index (χ4v) is 3.35. The predicted octanol–water partition coefficient (Wildman–Crippen LogP) is 3.28. The van der Waals surface area contributed by atoms with Crippen LogP contribution in [0.15, 0.2) is 0 Å². The summed E-state index contributed by atoms with van der Waals surface area (Å²) in [5.41, 5.74) is 0. The van der Waals surface area contributed by atoms with Crippen LogP contribution in [-0.4, -0.2) is 64.6 Å². The molecule has 0 aromatic carbocycles. The third-order valence-corrected chi connectivity index (χ3v) is 5.15. The van der Waals surface area contributed by atoms with Crippen LogP contribution in [0.25, 0.3) is 0 Å². The van der Waals surface area contributed by atoms with Crippen LogP contribution in [0.1, 0.15) is 96.8 Å². The molecular formula is C22H44N2O5. The Balaban J connectivity index is 3.50. The minimum atomic E-state index is -1.23. The van der Waals surface area contributed by atoms with Gasteiger partial charge >= 0.3 is 5.97 Å². The van der Waals surface area contributed by atoms with Gasteiger partial charge in [-0.1, -0.05) is 84.0 Å². The van der Waals surface area contributed by atoms with Crippen LogP contribution in [-0.2, 0) is 9.59 Å². The second kappa shape index (κ2) is 20.1. The number of rotatable bonds is 21. The third-order valence-electron chi connectivity index (χ3n) is 5.15. The molecule has 0 spiro atoms. The standard InChI is InChI=1S/C22H44N2O5/c1-2-3-4-5-6-7-8-9-10-11-12-13-14-15-20(26)23-16-17-24(18-22(28)29)21(27)19-25/h21,25,27H,2-19H2,1H3,(H,23,26)(H,28,29). The van der Waals surface area contributed by atoms with E-state index >= 15 is 0 Å². The highest BCUT2D eigenvalue weighted by atomic mass is 16.4. The van der Waals surface area contributed by atoms with Gasteiger partial charge in [0.1, 0.15) is 6.23 Å². The fraction of sp³-hybridized carbons (Fsp3) is 0.909. The highest BCUT2D eigenvalue weighted by molar-refractivity contribution is 5.75. The van der Waals surface area contributed by atoms with Crippen molar-refractivity contribution >= 4 is 11.9 Å². The number of unbranched alkanes of at least 4 members (excludes halogenated alkanes) is 12. The molecule has 0 aliphatic heterocycles. The Morgan fingerprint density at radius 1 is 0.862 bits per heavy atom. The Hall–Kier alpha value is -1.18. The van der Waals surface area contributed by atoms with Gasteiger partial charge in [0.2, 0.25) is 5.91 Å². The lowest BCUT2D eigenvalue weighted by Gasteiger charge is -2.24. The van der Waals surface area contributed by atoms with Gasteiger partial charge in [-0.3, -0.25) is 14.5 Å². The number of aliphatic hydroxyl groups excluding tert-OH is 2. The Bertz CT molecular complexity index is 407. The predicted molar refractivity (Wildman–Crippen MR) is 116 cm³/mol. The zero-order chi connectivity index (χ0) is 21.7. The van der Waals surface area contributed by atoms with E-state index in [2.05, 4.69) is 12.2 Å². The molecule has 0 heterocycles. The normalized spacial score (nSPS) is 12.3. The smallest absolute Gasteiger partial charge is 0.317 e. The molecule has 4 N–H and O–H groups in total. The number of nitrogens with zero attached hydrogens (tertiary/aromatic N) is 1. The Labute approximate surface area is 176 Å². The van der Waals surface area contributed by atoms with Crippen molar-refractivity contribution < 1.29 is 24.9 Å². The largest absolute Gasteiger partial charge is 0.480 e. The summed E-state index contributed by atoms with van der Waals surface area (Å²) >= 11 is 0. The van der Waals surface area contributed by atoms with Crippen molar-refractivity contribution in [2.45, 2.75) is 103 Å². The highest BCUT2D eigenvalue weighted by Gasteiger charge is 2.17. The lowest BCUT2D eigenvalue weighted by molar-refractivity contribution is -0.142. The molecule has 0 radical (unpaired) electrons. The molecule has 29 heavy (non-hydrogen) atoms. The second-order valence-electron chi connectivity index (χ2n) is 7.87. The molecule has 0 fully saturated rings. The Morgan fingerprint density at radius 2 is 1.34 bits per heavy atom. The van der Waals surface area contributed by atoms with Crippen LogP contribution in [0.2, 0.25) is 0 Å². The molecule has 0 rings (SSSR count). The molecule has 0 saturated carbocycles. The number of amides is 1. The minimum Gasteiger partial charge on any atom is -0.480 e. The molecule has 0 aromatic rings. The van der Waals surface area contributed by atoms with Crippen LogP contribution in [0, 0.1) is 0 Å². The molecule has 0 aliphatic rings. The number of carboxylic acids is 1. The maximum Gasteiger partial charge on any atom is 0.317 e. The summed E-state index contributed by atoms with van der Waals surface area (Å²) < 4.78 is 0. The van der Waals surface area contributed by atoms with Crippen LogP contribution in [0.5, 0.6) is 0 Å². The second-order valence-corrected chi connectivity index (χ2v) is 7.87. The summed E-state index contributed by atoms with van der Waals surface area (Å²) in [6.45, 7) is 1.76. The molecule has 1 atom stereocenters. The molecule has 0 aliphatic carbocycles. The van der Waals surface area contributed by atoms with Crippen molar-refractivity contribution in [1.29, 1.82) is 0 Å². The SMILES string of the molecule is CCCCCCCCCCCCCCCC(=O)NCCN(CC(=O)O)C(O)CO. The average Bonchev–Trinajstić information content (AvgIpc) is 2.69. The fourth-order valence-electron chi connectivity index (χ4n) is 3.35. The van der Waals surface area contributed by atoms with E-state index in [9.17, 15) is 14.7 Å². The summed E-state index contributed by atoms with van der Waals surface area (Å²) in [4.78, 5) is 23.8. The summed E-state index contributed by atoms with van der Waals surface area (Å²) in [5, 5.41) is 30.1. The van der Waals surface area contributed by atoms with Crippen LogP contribution >= 0.6 is 0 Å². The van der Waals surface area contributed by atoms with E-state index in [0.717, 1.165) is 12.8 Å². The van der Waals surface area contributed by atoms with E-state index in [-0.39, 0.29) is 25.5 Å². The van der Waals surface area contributed by atoms with Crippen molar-refractivity contribution in [3.05, 3.63) is 0 Å². The van der Waals surface area contributed by atoms with E-state index in [0.29, 0.717) is 6.42 Å². The third kappa shape index (κ3) is 18.6. The van der Waals surface area contributed by atoms with Gasteiger partial charge in [0.25, 0.3) is 0 Å². The van der Waals surface area contributed by atoms with Crippen LogP contribution in [0.3, 0.4) is 0 Å². The number of carbonyl (C=O) groups excluding carboxylic acids is 1. The molecule has 0 bridgehead atoms. The summed E-state index contributed by atoms with van der Waals surface area (Å²) in [6.07, 6.45) is 15.7. The maximum atomic E-state index is 11.8. The van der Waals surface area contributed by atoms with Crippen molar-refractivity contribution in [2.75, 3.05) is 26.2 Å². The topological polar surface area (TPSA) is 110 Å². The molecule has 1 unspecified atom stereocenters. The van der Waals surface area contributed by atoms with Gasteiger partial charge in [0.15, 0.2) is 0 Å². The first-order valence-corrected chi connectivity index (χ1v) is 11.5. The molecule has 0 saturated heterocycles. The van der Waals surface area contributed by atoms with Gasteiger partial charge in [-0.15, -0.1) is 0 Å². The molecule has 7 nitrogen and oxygen atoms in total. The zero-order valence-corrected chi connectivity index (χ0v) is 18.4. The summed E-state index contributed by atoms with van der Waals surface area (Å²) in [7, 11) is 0. The average molecular weight is 417 g/mol. The first-order chi connectivity index (χ1) is 14.0. The van der Waals surface area contributed by atoms with E-state index in [4.69, 9.17) is 10.2 Å². The van der Waals surface area contributed by atoms with Gasteiger partial charge in [0.05, 0.1) is 13.2 Å². The number of aliphatic carboxylic acids is 1. The first-order valence-electron chi connectivity index (χ1n) is 11.5. The Kier molecular flexibility index (Phi) is 19.3. The molecule has 1 amide bonds. The van der Waals surface area contributed by atoms with Crippen LogP contribution < -0.4 is 5.32 Å². The molecule has 7 heteroatoms. The van der Waals surface area contributed by atoms with Crippen molar-refractivity contribution in [3.63, 3.8) is 0 Å². The quantitative estimate of drug-likeness (QED) is 0.169. The number of aliphatic hydroxyl groups is 2. The maximum absolute atomic E-state index is 11.8. The van der Waals surface area contributed by atoms with Gasteiger partial charge in [-0.25, -0.2) is 0 Å². The molecule has 0 aromatic heterocycles. The Morgan fingerprint density at radius 3 is 1.79 bits per heavy atom. The van der Waals surface area contributed by atoms with E-state index < -0.39 is 18.8 Å². The zero-order valence-electron chi connectivity index (χ0n) is 18.4. The molecule has 172 valence electrons.